The van der Waals surface area contributed by atoms with E-state index in [2.05, 4.69) is 52.2 Å². The Hall–Kier alpha value is -0.230. The highest BCUT2D eigenvalue weighted by Gasteiger charge is 2.34. The number of halogens is 1. The molecule has 0 aromatic heterocycles. The molecule has 2 nitrogen and oxygen atoms in total. The van der Waals surface area contributed by atoms with Gasteiger partial charge < -0.3 is 5.32 Å². The Kier molecular flexibility index (Phi) is 4.37. The molecule has 3 rings (SSSR count). The molecule has 0 amide bonds. The van der Waals surface area contributed by atoms with Gasteiger partial charge in [-0.15, -0.1) is 0 Å². The normalized spacial score (nSPS) is 22.1. The van der Waals surface area contributed by atoms with Gasteiger partial charge in [-0.25, -0.2) is 0 Å². The minimum atomic E-state index is 0.513. The van der Waals surface area contributed by atoms with Crippen molar-refractivity contribution >= 4 is 45.2 Å². The Morgan fingerprint density at radius 1 is 1.21 bits per heavy atom. The summed E-state index contributed by atoms with van der Waals surface area (Å²) in [5.74, 6) is 1.24. The van der Waals surface area contributed by atoms with Gasteiger partial charge in [-0.3, -0.25) is 4.99 Å². The average Bonchev–Trinajstić information content (AvgIpc) is 2.43. The number of hydrogen-bond donors (Lipinski definition) is 1. The van der Waals surface area contributed by atoms with Crippen molar-refractivity contribution < 1.29 is 0 Å². The van der Waals surface area contributed by atoms with E-state index in [0.717, 1.165) is 17.4 Å². The van der Waals surface area contributed by atoms with Crippen LogP contribution in [0, 0.1) is 8.99 Å². The molecular weight excluding hydrogens is 367 g/mol. The number of anilines is 1. The van der Waals surface area contributed by atoms with Gasteiger partial charge in [0.15, 0.2) is 5.17 Å². The van der Waals surface area contributed by atoms with Crippen molar-refractivity contribution in [3.63, 3.8) is 0 Å². The largest absolute Gasteiger partial charge is 0.335 e. The number of amidine groups is 1. The summed E-state index contributed by atoms with van der Waals surface area (Å²) >= 11 is 4.25. The highest BCUT2D eigenvalue weighted by atomic mass is 127. The number of rotatable bonds is 1. The fourth-order valence-corrected chi connectivity index (χ4v) is 4.63. The zero-order valence-corrected chi connectivity index (χ0v) is 14.0. The molecule has 1 aliphatic heterocycles. The van der Waals surface area contributed by atoms with E-state index in [1.807, 2.05) is 11.8 Å². The number of hydrogen-bond acceptors (Lipinski definition) is 3. The van der Waals surface area contributed by atoms with Crippen LogP contribution in [0.1, 0.15) is 32.1 Å². The van der Waals surface area contributed by atoms with Crippen molar-refractivity contribution in [2.45, 2.75) is 32.1 Å². The van der Waals surface area contributed by atoms with Gasteiger partial charge in [0.2, 0.25) is 0 Å². The standard InChI is InChI=1S/C15H19IN2S/c16-12-5-4-6-13(9-12)18-14-17-10-15(11-19-14)7-2-1-3-8-15/h4-6,9H,1-3,7-8,10-11H2,(H,17,18). The molecule has 19 heavy (non-hydrogen) atoms. The smallest absolute Gasteiger partial charge is 0.161 e. The Morgan fingerprint density at radius 2 is 2.05 bits per heavy atom. The number of benzene rings is 1. The summed E-state index contributed by atoms with van der Waals surface area (Å²) in [4.78, 5) is 4.80. The first-order valence-electron chi connectivity index (χ1n) is 6.96. The van der Waals surface area contributed by atoms with Gasteiger partial charge in [-0.2, -0.15) is 0 Å². The molecule has 1 aromatic carbocycles. The Morgan fingerprint density at radius 3 is 2.74 bits per heavy atom. The molecule has 1 fully saturated rings. The third kappa shape index (κ3) is 3.45. The third-order valence-electron chi connectivity index (χ3n) is 4.06. The molecule has 2 aliphatic rings. The van der Waals surface area contributed by atoms with E-state index >= 15 is 0 Å². The van der Waals surface area contributed by atoms with E-state index in [4.69, 9.17) is 4.99 Å². The fourth-order valence-electron chi connectivity index (χ4n) is 2.92. The molecule has 0 bridgehead atoms. The topological polar surface area (TPSA) is 24.4 Å². The van der Waals surface area contributed by atoms with Crippen LogP contribution in [0.5, 0.6) is 0 Å². The summed E-state index contributed by atoms with van der Waals surface area (Å²) in [5.41, 5.74) is 1.66. The van der Waals surface area contributed by atoms with Crippen LogP contribution in [0.2, 0.25) is 0 Å². The molecule has 0 saturated heterocycles. The second-order valence-corrected chi connectivity index (χ2v) is 7.82. The summed E-state index contributed by atoms with van der Waals surface area (Å²) in [7, 11) is 0. The Balaban J connectivity index is 1.64. The molecular formula is C15H19IN2S. The van der Waals surface area contributed by atoms with Crippen LogP contribution in [-0.4, -0.2) is 17.5 Å². The molecule has 0 radical (unpaired) electrons. The van der Waals surface area contributed by atoms with E-state index in [9.17, 15) is 0 Å². The lowest BCUT2D eigenvalue weighted by Crippen LogP contribution is -2.35. The number of aliphatic imine (C=N–C) groups is 1. The lowest BCUT2D eigenvalue weighted by Gasteiger charge is -2.38. The molecule has 0 atom stereocenters. The molecule has 1 aromatic rings. The van der Waals surface area contributed by atoms with Crippen LogP contribution < -0.4 is 5.32 Å². The van der Waals surface area contributed by atoms with Gasteiger partial charge in [0.05, 0.1) is 0 Å². The predicted octanol–water partition coefficient (Wildman–Crippen LogP) is 4.76. The van der Waals surface area contributed by atoms with Crippen LogP contribution in [0.25, 0.3) is 0 Å². The molecule has 1 spiro atoms. The van der Waals surface area contributed by atoms with Crippen LogP contribution in [0.4, 0.5) is 5.69 Å². The van der Waals surface area contributed by atoms with Crippen LogP contribution in [-0.2, 0) is 0 Å². The maximum atomic E-state index is 4.80. The zero-order valence-electron chi connectivity index (χ0n) is 11.0. The van der Waals surface area contributed by atoms with E-state index in [1.165, 1.54) is 41.4 Å². The first-order valence-corrected chi connectivity index (χ1v) is 9.02. The molecule has 102 valence electrons. The average molecular weight is 386 g/mol. The zero-order chi connectivity index (χ0) is 13.1. The number of nitrogens with one attached hydrogen (secondary N) is 1. The minimum absolute atomic E-state index is 0.513. The molecule has 1 heterocycles. The van der Waals surface area contributed by atoms with E-state index in [0.29, 0.717) is 5.41 Å². The Labute approximate surface area is 133 Å². The quantitative estimate of drug-likeness (QED) is 0.704. The van der Waals surface area contributed by atoms with Crippen LogP contribution in [0.3, 0.4) is 0 Å². The minimum Gasteiger partial charge on any atom is -0.335 e. The summed E-state index contributed by atoms with van der Waals surface area (Å²) in [6, 6.07) is 8.46. The van der Waals surface area contributed by atoms with Gasteiger partial charge >= 0.3 is 0 Å². The van der Waals surface area contributed by atoms with Crippen LogP contribution in [0.15, 0.2) is 29.3 Å². The molecule has 1 saturated carbocycles. The van der Waals surface area contributed by atoms with Crippen molar-refractivity contribution in [2.75, 3.05) is 17.6 Å². The van der Waals surface area contributed by atoms with E-state index < -0.39 is 0 Å². The lowest BCUT2D eigenvalue weighted by molar-refractivity contribution is 0.232. The molecule has 1 aliphatic carbocycles. The van der Waals surface area contributed by atoms with Crippen molar-refractivity contribution in [1.29, 1.82) is 0 Å². The van der Waals surface area contributed by atoms with Gasteiger partial charge in [-0.1, -0.05) is 37.1 Å². The van der Waals surface area contributed by atoms with Gasteiger partial charge in [0, 0.05) is 21.6 Å². The molecule has 1 N–H and O–H groups in total. The maximum Gasteiger partial charge on any atom is 0.161 e. The lowest BCUT2D eigenvalue weighted by atomic mass is 9.75. The van der Waals surface area contributed by atoms with Gasteiger partial charge in [0.1, 0.15) is 0 Å². The number of nitrogens with zero attached hydrogens (tertiary/aromatic N) is 1. The Bertz CT molecular complexity index is 481. The summed E-state index contributed by atoms with van der Waals surface area (Å²) < 4.78 is 1.26. The van der Waals surface area contributed by atoms with Crippen LogP contribution >= 0.6 is 34.4 Å². The fraction of sp³-hybridized carbons (Fsp3) is 0.533. The second-order valence-electron chi connectivity index (χ2n) is 5.61. The molecule has 0 unspecified atom stereocenters. The first kappa shape index (κ1) is 13.7. The first-order chi connectivity index (χ1) is 9.26. The highest BCUT2D eigenvalue weighted by molar-refractivity contribution is 14.1. The maximum absolute atomic E-state index is 4.80. The molecule has 4 heteroatoms. The summed E-state index contributed by atoms with van der Waals surface area (Å²) in [6.07, 6.45) is 6.97. The SMILES string of the molecule is Ic1cccc(NC2=NCC3(CCCCC3)CS2)c1. The highest BCUT2D eigenvalue weighted by Crippen LogP contribution is 2.41. The summed E-state index contributed by atoms with van der Waals surface area (Å²) in [5, 5.41) is 4.55. The monoisotopic (exact) mass is 386 g/mol. The van der Waals surface area contributed by atoms with E-state index in [1.54, 1.807) is 0 Å². The van der Waals surface area contributed by atoms with Crippen molar-refractivity contribution in [3.05, 3.63) is 27.8 Å². The second kappa shape index (κ2) is 6.04. The van der Waals surface area contributed by atoms with Crippen molar-refractivity contribution in [1.82, 2.24) is 0 Å². The van der Waals surface area contributed by atoms with Gasteiger partial charge in [-0.05, 0) is 59.0 Å². The predicted molar refractivity (Wildman–Crippen MR) is 93.1 cm³/mol. The third-order valence-corrected chi connectivity index (χ3v) is 6.00. The summed E-state index contributed by atoms with van der Waals surface area (Å²) in [6.45, 7) is 1.02. The van der Waals surface area contributed by atoms with E-state index in [-0.39, 0.29) is 0 Å². The van der Waals surface area contributed by atoms with Gasteiger partial charge in [0.25, 0.3) is 0 Å². The van der Waals surface area contributed by atoms with Crippen molar-refractivity contribution in [2.24, 2.45) is 10.4 Å². The van der Waals surface area contributed by atoms with Crippen molar-refractivity contribution in [3.8, 4) is 0 Å². The number of thioether (sulfide) groups is 1.